The molecular formula is C20H23F4N3O. The topological polar surface area (TPSA) is 39.3 Å². The summed E-state index contributed by atoms with van der Waals surface area (Å²) in [6.07, 6.45) is -2.71. The second-order valence-electron chi connectivity index (χ2n) is 8.27. The van der Waals surface area contributed by atoms with Crippen LogP contribution in [-0.2, 0) is 25.2 Å². The summed E-state index contributed by atoms with van der Waals surface area (Å²) in [4.78, 5) is 16.5. The number of hydrogen-bond donors (Lipinski definition) is 0. The Bertz CT molecular complexity index is 973. The van der Waals surface area contributed by atoms with E-state index in [0.717, 1.165) is 30.7 Å². The lowest BCUT2D eigenvalue weighted by molar-refractivity contribution is -0.140. The zero-order valence-corrected chi connectivity index (χ0v) is 16.3. The Labute approximate surface area is 160 Å². The molecule has 28 heavy (non-hydrogen) atoms. The second-order valence-corrected chi connectivity index (χ2v) is 8.27. The van der Waals surface area contributed by atoms with Crippen LogP contribution in [0.15, 0.2) is 29.3 Å². The van der Waals surface area contributed by atoms with Crippen LogP contribution in [0, 0.1) is 11.7 Å². The Morgan fingerprint density at radius 2 is 1.86 bits per heavy atom. The molecule has 0 atom stereocenters. The van der Waals surface area contributed by atoms with Crippen molar-refractivity contribution in [1.82, 2.24) is 9.36 Å². The summed E-state index contributed by atoms with van der Waals surface area (Å²) in [5.41, 5.74) is -1.14. The summed E-state index contributed by atoms with van der Waals surface area (Å²) in [6, 6.07) is 4.39. The minimum absolute atomic E-state index is 0.224. The van der Waals surface area contributed by atoms with Crippen molar-refractivity contribution in [2.45, 2.75) is 51.7 Å². The normalized spacial score (nSPS) is 15.9. The Hall–Kier alpha value is -2.38. The number of halogens is 4. The van der Waals surface area contributed by atoms with Crippen molar-refractivity contribution in [2.24, 2.45) is 18.0 Å². The first kappa shape index (κ1) is 20.4. The van der Waals surface area contributed by atoms with E-state index in [1.54, 1.807) is 6.07 Å². The third kappa shape index (κ3) is 4.05. The summed E-state index contributed by atoms with van der Waals surface area (Å²) in [7, 11) is 1.86. The highest BCUT2D eigenvalue weighted by atomic mass is 19.4. The van der Waals surface area contributed by atoms with Crippen LogP contribution < -0.4 is 5.49 Å². The van der Waals surface area contributed by atoms with Gasteiger partial charge in [-0.2, -0.15) is 18.2 Å². The summed E-state index contributed by atoms with van der Waals surface area (Å²) in [6.45, 7) is 6.70. The van der Waals surface area contributed by atoms with E-state index in [2.05, 4.69) is 4.99 Å². The number of benzene rings is 1. The van der Waals surface area contributed by atoms with Gasteiger partial charge >= 0.3 is 6.18 Å². The highest BCUT2D eigenvalue weighted by Gasteiger charge is 2.35. The van der Waals surface area contributed by atoms with Crippen LogP contribution in [0.5, 0.6) is 0 Å². The first-order chi connectivity index (χ1) is 12.9. The number of carbonyl (C=O) groups is 1. The number of aromatic nitrogens is 2. The van der Waals surface area contributed by atoms with Crippen molar-refractivity contribution in [3.8, 4) is 0 Å². The molecule has 0 N–H and O–H groups in total. The fraction of sp³-hybridized carbons (Fsp3) is 0.500. The molecule has 0 unspecified atom stereocenters. The second kappa shape index (κ2) is 6.90. The van der Waals surface area contributed by atoms with E-state index in [-0.39, 0.29) is 5.41 Å². The molecule has 1 heterocycles. The molecule has 0 saturated heterocycles. The van der Waals surface area contributed by atoms with Gasteiger partial charge in [0.15, 0.2) is 5.49 Å². The Kier molecular flexibility index (Phi) is 5.02. The minimum Gasteiger partial charge on any atom is -0.291 e. The van der Waals surface area contributed by atoms with E-state index in [0.29, 0.717) is 24.0 Å². The molecule has 0 aliphatic heterocycles. The lowest BCUT2D eigenvalue weighted by atomic mass is 9.92. The van der Waals surface area contributed by atoms with Crippen LogP contribution in [0.4, 0.5) is 17.6 Å². The lowest BCUT2D eigenvalue weighted by Gasteiger charge is -2.20. The average Bonchev–Trinajstić information content (AvgIpc) is 3.32. The number of nitrogens with zero attached hydrogens (tertiary/aromatic N) is 3. The molecule has 2 aromatic rings. The van der Waals surface area contributed by atoms with Gasteiger partial charge in [-0.1, -0.05) is 26.8 Å². The number of amides is 1. The van der Waals surface area contributed by atoms with Gasteiger partial charge in [0.05, 0.1) is 11.1 Å². The molecule has 1 amide bonds. The van der Waals surface area contributed by atoms with E-state index < -0.39 is 29.0 Å². The first-order valence-corrected chi connectivity index (χ1v) is 9.11. The van der Waals surface area contributed by atoms with E-state index in [4.69, 9.17) is 0 Å². The van der Waals surface area contributed by atoms with E-state index in [1.807, 2.05) is 37.2 Å². The Morgan fingerprint density at radius 3 is 2.39 bits per heavy atom. The molecule has 1 aliphatic rings. The van der Waals surface area contributed by atoms with Gasteiger partial charge in [0, 0.05) is 30.8 Å². The van der Waals surface area contributed by atoms with Gasteiger partial charge < -0.3 is 0 Å². The van der Waals surface area contributed by atoms with Crippen molar-refractivity contribution in [1.29, 1.82) is 0 Å². The molecule has 1 fully saturated rings. The number of rotatable bonds is 3. The molecule has 152 valence electrons. The van der Waals surface area contributed by atoms with Gasteiger partial charge in [0.25, 0.3) is 5.91 Å². The summed E-state index contributed by atoms with van der Waals surface area (Å²) in [5, 5.41) is 0. The molecule has 0 bridgehead atoms. The van der Waals surface area contributed by atoms with Crippen LogP contribution in [-0.4, -0.2) is 15.3 Å². The van der Waals surface area contributed by atoms with Crippen molar-refractivity contribution in [3.05, 3.63) is 52.4 Å². The number of alkyl halides is 3. The predicted octanol–water partition coefficient (Wildman–Crippen LogP) is 4.43. The van der Waals surface area contributed by atoms with E-state index >= 15 is 0 Å². The Balaban J connectivity index is 2.10. The standard InChI is InChI=1S/C20H23F4N3O/c1-19(2,3)15-10-16(27(26(15)4)11-12-8-9-12)25-18(28)13-6-5-7-14(17(13)21)20(22,23)24/h5-7,10,12H,8-9,11H2,1-4H3/b25-16-. The SMILES string of the molecule is Cn1c(C(C)(C)C)c/c(=N/C(=O)c2cccc(C(F)(F)F)c2F)n1CC1CC1. The summed E-state index contributed by atoms with van der Waals surface area (Å²) < 4.78 is 56.8. The van der Waals surface area contributed by atoms with Crippen LogP contribution >= 0.6 is 0 Å². The third-order valence-electron chi connectivity index (χ3n) is 4.89. The molecule has 1 aliphatic carbocycles. The van der Waals surface area contributed by atoms with Gasteiger partial charge in [-0.05, 0) is 30.9 Å². The van der Waals surface area contributed by atoms with Crippen LogP contribution in [0.25, 0.3) is 0 Å². The van der Waals surface area contributed by atoms with Gasteiger partial charge in [-0.3, -0.25) is 14.2 Å². The van der Waals surface area contributed by atoms with Crippen LogP contribution in [0.3, 0.4) is 0 Å². The van der Waals surface area contributed by atoms with E-state index in [9.17, 15) is 22.4 Å². The van der Waals surface area contributed by atoms with E-state index in [1.165, 1.54) is 0 Å². The Morgan fingerprint density at radius 1 is 1.21 bits per heavy atom. The van der Waals surface area contributed by atoms with Crippen LogP contribution in [0.1, 0.15) is 55.2 Å². The average molecular weight is 397 g/mol. The van der Waals surface area contributed by atoms with Crippen molar-refractivity contribution in [2.75, 3.05) is 0 Å². The molecular weight excluding hydrogens is 374 g/mol. The molecule has 3 rings (SSSR count). The fourth-order valence-corrected chi connectivity index (χ4v) is 3.21. The van der Waals surface area contributed by atoms with Gasteiger partial charge in [0.2, 0.25) is 0 Å². The highest BCUT2D eigenvalue weighted by molar-refractivity contribution is 5.95. The predicted molar refractivity (Wildman–Crippen MR) is 96.1 cm³/mol. The van der Waals surface area contributed by atoms with Crippen LogP contribution in [0.2, 0.25) is 0 Å². The molecule has 1 aromatic heterocycles. The largest absolute Gasteiger partial charge is 0.419 e. The quantitative estimate of drug-likeness (QED) is 0.706. The van der Waals surface area contributed by atoms with Crippen molar-refractivity contribution < 1.29 is 22.4 Å². The fourth-order valence-electron chi connectivity index (χ4n) is 3.21. The zero-order valence-electron chi connectivity index (χ0n) is 16.3. The molecule has 0 radical (unpaired) electrons. The molecule has 8 heteroatoms. The summed E-state index contributed by atoms with van der Waals surface area (Å²) >= 11 is 0. The number of carbonyl (C=O) groups excluding carboxylic acids is 1. The molecule has 4 nitrogen and oxygen atoms in total. The first-order valence-electron chi connectivity index (χ1n) is 9.11. The van der Waals surface area contributed by atoms with Crippen molar-refractivity contribution in [3.63, 3.8) is 0 Å². The molecule has 1 saturated carbocycles. The molecule has 0 spiro atoms. The number of hydrogen-bond acceptors (Lipinski definition) is 1. The maximum absolute atomic E-state index is 14.3. The lowest BCUT2D eigenvalue weighted by Crippen LogP contribution is -2.26. The van der Waals surface area contributed by atoms with Gasteiger partial charge in [-0.25, -0.2) is 4.39 Å². The minimum atomic E-state index is -4.88. The smallest absolute Gasteiger partial charge is 0.291 e. The summed E-state index contributed by atoms with van der Waals surface area (Å²) in [5.74, 6) is -2.13. The third-order valence-corrected chi connectivity index (χ3v) is 4.89. The van der Waals surface area contributed by atoms with Gasteiger partial charge in [0.1, 0.15) is 5.82 Å². The maximum Gasteiger partial charge on any atom is 0.419 e. The van der Waals surface area contributed by atoms with Crippen molar-refractivity contribution >= 4 is 5.91 Å². The maximum atomic E-state index is 14.3. The molecule has 1 aromatic carbocycles. The highest BCUT2D eigenvalue weighted by Crippen LogP contribution is 2.33. The monoisotopic (exact) mass is 397 g/mol. The van der Waals surface area contributed by atoms with Gasteiger partial charge in [-0.15, -0.1) is 0 Å². The zero-order chi connectivity index (χ0) is 20.9.